The number of methoxy groups -OCH3 is 1. The molecule has 1 fully saturated rings. The largest absolute Gasteiger partial charge is 0.369 e. The molecule has 88 valence electrons. The Bertz CT molecular complexity index is 362. The number of anilines is 1. The van der Waals surface area contributed by atoms with Gasteiger partial charge in [0, 0.05) is 33.0 Å². The lowest BCUT2D eigenvalue weighted by Crippen LogP contribution is -2.45. The Kier molecular flexibility index (Phi) is 3.12. The van der Waals surface area contributed by atoms with Crippen molar-refractivity contribution in [2.24, 2.45) is 0 Å². The third kappa shape index (κ3) is 2.18. The van der Waals surface area contributed by atoms with Gasteiger partial charge in [0.25, 0.3) is 0 Å². The van der Waals surface area contributed by atoms with E-state index in [0.717, 1.165) is 0 Å². The van der Waals surface area contributed by atoms with Gasteiger partial charge in [0.05, 0.1) is 5.69 Å². The maximum absolute atomic E-state index is 13.5. The quantitative estimate of drug-likeness (QED) is 0.778. The molecule has 16 heavy (non-hydrogen) atoms. The molecule has 1 heterocycles. The Morgan fingerprint density at radius 2 is 1.94 bits per heavy atom. The summed E-state index contributed by atoms with van der Waals surface area (Å²) in [6.45, 7) is 1.20. The number of piperidine rings is 1. The molecule has 1 N–H and O–H groups in total. The van der Waals surface area contributed by atoms with E-state index in [-0.39, 0.29) is 5.82 Å². The van der Waals surface area contributed by atoms with Crippen LogP contribution >= 0.6 is 0 Å². The van der Waals surface area contributed by atoms with Gasteiger partial charge in [-0.15, -0.1) is 0 Å². The molecule has 1 aromatic rings. The van der Waals surface area contributed by atoms with Crippen LogP contribution in [0.2, 0.25) is 0 Å². The van der Waals surface area contributed by atoms with Crippen molar-refractivity contribution in [1.29, 1.82) is 0 Å². The van der Waals surface area contributed by atoms with Gasteiger partial charge in [-0.1, -0.05) is 12.1 Å². The Hall–Kier alpha value is -1.13. The molecule has 1 aliphatic heterocycles. The van der Waals surface area contributed by atoms with Crippen molar-refractivity contribution < 1.29 is 14.2 Å². The lowest BCUT2D eigenvalue weighted by molar-refractivity contribution is -0.196. The molecule has 1 saturated heterocycles. The molecule has 0 unspecified atom stereocenters. The zero-order valence-electron chi connectivity index (χ0n) is 9.32. The second-order valence-electron chi connectivity index (χ2n) is 4.09. The van der Waals surface area contributed by atoms with Crippen LogP contribution < -0.4 is 4.90 Å². The summed E-state index contributed by atoms with van der Waals surface area (Å²) in [4.78, 5) is 1.93. The number of halogens is 1. The fourth-order valence-corrected chi connectivity index (χ4v) is 2.01. The summed E-state index contributed by atoms with van der Waals surface area (Å²) < 4.78 is 18.5. The maximum Gasteiger partial charge on any atom is 0.168 e. The van der Waals surface area contributed by atoms with Crippen LogP contribution in [0.1, 0.15) is 12.8 Å². The Balaban J connectivity index is 2.07. The summed E-state index contributed by atoms with van der Waals surface area (Å²) in [6.07, 6.45) is 0.996. The SMILES string of the molecule is COC1(O)CCN(c2ccccc2F)CC1. The normalized spacial score (nSPS) is 19.8. The average Bonchev–Trinajstić information content (AvgIpc) is 2.31. The van der Waals surface area contributed by atoms with Crippen LogP contribution in [0, 0.1) is 5.82 Å². The number of ether oxygens (including phenoxy) is 1. The molecular weight excluding hydrogens is 209 g/mol. The van der Waals surface area contributed by atoms with Crippen molar-refractivity contribution >= 4 is 5.69 Å². The van der Waals surface area contributed by atoms with E-state index in [4.69, 9.17) is 4.74 Å². The number of benzene rings is 1. The van der Waals surface area contributed by atoms with Gasteiger partial charge in [-0.25, -0.2) is 4.39 Å². The third-order valence-corrected chi connectivity index (χ3v) is 3.12. The molecule has 0 bridgehead atoms. The van der Waals surface area contributed by atoms with Gasteiger partial charge >= 0.3 is 0 Å². The summed E-state index contributed by atoms with van der Waals surface area (Å²) in [7, 11) is 1.50. The van der Waals surface area contributed by atoms with Gasteiger partial charge in [0.1, 0.15) is 5.82 Å². The Labute approximate surface area is 94.4 Å². The molecule has 2 rings (SSSR count). The van der Waals surface area contributed by atoms with E-state index in [0.29, 0.717) is 31.6 Å². The topological polar surface area (TPSA) is 32.7 Å². The Morgan fingerprint density at radius 1 is 1.31 bits per heavy atom. The number of nitrogens with zero attached hydrogens (tertiary/aromatic N) is 1. The Morgan fingerprint density at radius 3 is 2.50 bits per heavy atom. The van der Waals surface area contributed by atoms with Crippen LogP contribution in [0.4, 0.5) is 10.1 Å². The monoisotopic (exact) mass is 225 g/mol. The van der Waals surface area contributed by atoms with E-state index in [1.54, 1.807) is 12.1 Å². The van der Waals surface area contributed by atoms with Crippen LogP contribution in [-0.2, 0) is 4.74 Å². The van der Waals surface area contributed by atoms with E-state index in [9.17, 15) is 9.50 Å². The van der Waals surface area contributed by atoms with Crippen LogP contribution in [0.3, 0.4) is 0 Å². The minimum Gasteiger partial charge on any atom is -0.369 e. The number of aliphatic hydroxyl groups is 1. The molecular formula is C12H16FNO2. The second kappa shape index (κ2) is 4.39. The summed E-state index contributed by atoms with van der Waals surface area (Å²) in [6, 6.07) is 6.70. The number of rotatable bonds is 2. The number of para-hydroxylation sites is 1. The van der Waals surface area contributed by atoms with E-state index >= 15 is 0 Å². The van der Waals surface area contributed by atoms with Gasteiger partial charge < -0.3 is 14.7 Å². The highest BCUT2D eigenvalue weighted by molar-refractivity contribution is 5.47. The van der Waals surface area contributed by atoms with Crippen molar-refractivity contribution in [3.63, 3.8) is 0 Å². The maximum atomic E-state index is 13.5. The van der Waals surface area contributed by atoms with E-state index in [2.05, 4.69) is 0 Å². The summed E-state index contributed by atoms with van der Waals surface area (Å²) >= 11 is 0. The van der Waals surface area contributed by atoms with Crippen molar-refractivity contribution in [3.8, 4) is 0 Å². The molecule has 3 nitrogen and oxygen atoms in total. The van der Waals surface area contributed by atoms with E-state index < -0.39 is 5.79 Å². The first-order chi connectivity index (χ1) is 7.64. The van der Waals surface area contributed by atoms with Gasteiger partial charge in [0.2, 0.25) is 0 Å². The van der Waals surface area contributed by atoms with Crippen LogP contribution in [0.15, 0.2) is 24.3 Å². The zero-order chi connectivity index (χ0) is 11.6. The molecule has 1 aliphatic rings. The fourth-order valence-electron chi connectivity index (χ4n) is 2.01. The first kappa shape index (κ1) is 11.4. The fraction of sp³-hybridized carbons (Fsp3) is 0.500. The molecule has 0 amide bonds. The van der Waals surface area contributed by atoms with Gasteiger partial charge in [-0.2, -0.15) is 0 Å². The van der Waals surface area contributed by atoms with Crippen molar-refractivity contribution in [3.05, 3.63) is 30.1 Å². The lowest BCUT2D eigenvalue weighted by Gasteiger charge is -2.38. The van der Waals surface area contributed by atoms with Crippen LogP contribution in [0.5, 0.6) is 0 Å². The molecule has 0 aromatic heterocycles. The molecule has 0 aliphatic carbocycles. The first-order valence-corrected chi connectivity index (χ1v) is 5.42. The van der Waals surface area contributed by atoms with Crippen LogP contribution in [-0.4, -0.2) is 31.1 Å². The standard InChI is InChI=1S/C12H16FNO2/c1-16-12(15)6-8-14(9-7-12)11-5-3-2-4-10(11)13/h2-5,15H,6-9H2,1H3. The smallest absolute Gasteiger partial charge is 0.168 e. The lowest BCUT2D eigenvalue weighted by atomic mass is 10.0. The van der Waals surface area contributed by atoms with Gasteiger partial charge in [0.15, 0.2) is 5.79 Å². The predicted octanol–water partition coefficient (Wildman–Crippen LogP) is 1.76. The molecule has 0 atom stereocenters. The number of hydrogen-bond acceptors (Lipinski definition) is 3. The van der Waals surface area contributed by atoms with Crippen molar-refractivity contribution in [2.75, 3.05) is 25.1 Å². The van der Waals surface area contributed by atoms with Crippen molar-refractivity contribution in [2.45, 2.75) is 18.6 Å². The highest BCUT2D eigenvalue weighted by Crippen LogP contribution is 2.27. The summed E-state index contributed by atoms with van der Waals surface area (Å²) in [5.74, 6) is -1.26. The molecule has 0 radical (unpaired) electrons. The molecule has 1 aromatic carbocycles. The second-order valence-corrected chi connectivity index (χ2v) is 4.09. The third-order valence-electron chi connectivity index (χ3n) is 3.12. The minimum absolute atomic E-state index is 0.217. The van der Waals surface area contributed by atoms with Crippen LogP contribution in [0.25, 0.3) is 0 Å². The average molecular weight is 225 g/mol. The van der Waals surface area contributed by atoms with E-state index in [1.807, 2.05) is 11.0 Å². The molecule has 0 saturated carbocycles. The van der Waals surface area contributed by atoms with Crippen molar-refractivity contribution in [1.82, 2.24) is 0 Å². The number of hydrogen-bond donors (Lipinski definition) is 1. The van der Waals surface area contributed by atoms with Gasteiger partial charge in [-0.3, -0.25) is 0 Å². The highest BCUT2D eigenvalue weighted by atomic mass is 19.1. The molecule has 0 spiro atoms. The van der Waals surface area contributed by atoms with E-state index in [1.165, 1.54) is 13.2 Å². The zero-order valence-corrected chi connectivity index (χ0v) is 9.32. The minimum atomic E-state index is -1.04. The first-order valence-electron chi connectivity index (χ1n) is 5.42. The summed E-state index contributed by atoms with van der Waals surface area (Å²) in [5.41, 5.74) is 0.598. The predicted molar refractivity (Wildman–Crippen MR) is 59.8 cm³/mol. The van der Waals surface area contributed by atoms with Gasteiger partial charge in [-0.05, 0) is 12.1 Å². The summed E-state index contributed by atoms with van der Waals surface area (Å²) in [5, 5.41) is 9.87. The highest BCUT2D eigenvalue weighted by Gasteiger charge is 2.32. The molecule has 4 heteroatoms.